The Labute approximate surface area is 199 Å². The Kier molecular flexibility index (Phi) is 6.60. The van der Waals surface area contributed by atoms with Crippen LogP contribution in [0.25, 0.3) is 6.08 Å². The molecule has 0 unspecified atom stereocenters. The number of nitro groups is 1. The van der Waals surface area contributed by atoms with E-state index in [-0.39, 0.29) is 17.1 Å². The van der Waals surface area contributed by atoms with Crippen molar-refractivity contribution in [1.29, 1.82) is 0 Å². The number of rotatable bonds is 7. The molecule has 2 heterocycles. The average molecular weight is 477 g/mol. The second-order valence-corrected chi connectivity index (χ2v) is 8.63. The zero-order valence-corrected chi connectivity index (χ0v) is 19.0. The molecule has 1 N–H and O–H groups in total. The first kappa shape index (κ1) is 23.0. The molecule has 4 rings (SSSR count). The molecule has 1 aliphatic heterocycles. The number of nitrogens with one attached hydrogen (secondary N) is 1. The van der Waals surface area contributed by atoms with E-state index < -0.39 is 28.5 Å². The molecule has 3 aromatic rings. The van der Waals surface area contributed by atoms with Crippen LogP contribution >= 0.6 is 11.8 Å². The number of benzene rings is 2. The minimum atomic E-state index is -0.562. The summed E-state index contributed by atoms with van der Waals surface area (Å²) < 4.78 is 1.75. The smallest absolute Gasteiger partial charge is 0.294 e. The highest BCUT2D eigenvalue weighted by Crippen LogP contribution is 2.32. The molecule has 1 aromatic heterocycles. The Morgan fingerprint density at radius 3 is 2.68 bits per heavy atom. The quantitative estimate of drug-likeness (QED) is 0.307. The summed E-state index contributed by atoms with van der Waals surface area (Å²) in [5, 5.41) is 13.5. The number of para-hydroxylation sites is 1. The molecule has 3 amide bonds. The number of nitro benzene ring substituents is 1. The lowest BCUT2D eigenvalue weighted by Gasteiger charge is -2.12. The van der Waals surface area contributed by atoms with Gasteiger partial charge in [0, 0.05) is 29.2 Å². The minimum Gasteiger partial charge on any atom is -0.343 e. The van der Waals surface area contributed by atoms with E-state index >= 15 is 0 Å². The SMILES string of the molecule is Cc1cccc(NC(=O)CN2C(=O)S/C(=C/c3cccn3Cc3ccccc3[N+](=O)[O-])C2=O)c1. The van der Waals surface area contributed by atoms with Crippen molar-refractivity contribution in [3.05, 3.63) is 98.7 Å². The third-order valence-electron chi connectivity index (χ3n) is 5.15. The Morgan fingerprint density at radius 2 is 1.91 bits per heavy atom. The lowest BCUT2D eigenvalue weighted by Crippen LogP contribution is -2.36. The fourth-order valence-corrected chi connectivity index (χ4v) is 4.37. The highest BCUT2D eigenvalue weighted by atomic mass is 32.2. The van der Waals surface area contributed by atoms with Crippen molar-refractivity contribution < 1.29 is 19.3 Å². The van der Waals surface area contributed by atoms with Crippen LogP contribution in [0.4, 0.5) is 16.2 Å². The number of aryl methyl sites for hydroxylation is 1. The maximum absolute atomic E-state index is 12.8. The predicted molar refractivity (Wildman–Crippen MR) is 129 cm³/mol. The fourth-order valence-electron chi connectivity index (χ4n) is 3.55. The number of aromatic nitrogens is 1. The molecule has 1 fully saturated rings. The van der Waals surface area contributed by atoms with Gasteiger partial charge in [0.1, 0.15) is 6.54 Å². The Hall–Kier alpha value is -4.18. The largest absolute Gasteiger partial charge is 0.343 e. The van der Waals surface area contributed by atoms with Gasteiger partial charge in [-0.15, -0.1) is 0 Å². The van der Waals surface area contributed by atoms with Crippen molar-refractivity contribution >= 4 is 46.3 Å². The molecular weight excluding hydrogens is 456 g/mol. The molecule has 0 radical (unpaired) electrons. The molecule has 1 saturated heterocycles. The van der Waals surface area contributed by atoms with Crippen LogP contribution in [-0.2, 0) is 16.1 Å². The molecule has 172 valence electrons. The summed E-state index contributed by atoms with van der Waals surface area (Å²) in [6, 6.07) is 17.1. The number of carbonyl (C=O) groups excluding carboxylic acids is 3. The summed E-state index contributed by atoms with van der Waals surface area (Å²) in [6.45, 7) is 1.72. The van der Waals surface area contributed by atoms with Gasteiger partial charge in [0.2, 0.25) is 5.91 Å². The molecule has 2 aromatic carbocycles. The lowest BCUT2D eigenvalue weighted by atomic mass is 10.2. The molecule has 0 bridgehead atoms. The molecule has 0 aliphatic carbocycles. The van der Waals surface area contributed by atoms with E-state index in [2.05, 4.69) is 5.32 Å². The molecule has 1 aliphatic rings. The van der Waals surface area contributed by atoms with Crippen molar-refractivity contribution in [1.82, 2.24) is 9.47 Å². The summed E-state index contributed by atoms with van der Waals surface area (Å²) >= 11 is 0.751. The second kappa shape index (κ2) is 9.75. The van der Waals surface area contributed by atoms with Crippen LogP contribution in [-0.4, -0.2) is 38.0 Å². The number of nitrogens with zero attached hydrogens (tertiary/aromatic N) is 3. The summed E-state index contributed by atoms with van der Waals surface area (Å²) in [6.07, 6.45) is 3.29. The van der Waals surface area contributed by atoms with Crippen molar-refractivity contribution in [2.24, 2.45) is 0 Å². The monoisotopic (exact) mass is 476 g/mol. The van der Waals surface area contributed by atoms with Crippen LogP contribution in [0.3, 0.4) is 0 Å². The van der Waals surface area contributed by atoms with E-state index in [1.807, 2.05) is 13.0 Å². The Bertz CT molecular complexity index is 1330. The number of anilines is 1. The number of carbonyl (C=O) groups is 3. The molecule has 34 heavy (non-hydrogen) atoms. The molecule has 0 saturated carbocycles. The van der Waals surface area contributed by atoms with Gasteiger partial charge >= 0.3 is 0 Å². The number of amides is 3. The third-order valence-corrected chi connectivity index (χ3v) is 6.06. The molecule has 10 heteroatoms. The van der Waals surface area contributed by atoms with Crippen LogP contribution in [0.5, 0.6) is 0 Å². The molecular formula is C24H20N4O5S. The second-order valence-electron chi connectivity index (χ2n) is 7.63. The highest BCUT2D eigenvalue weighted by Gasteiger charge is 2.36. The normalized spacial score (nSPS) is 14.6. The summed E-state index contributed by atoms with van der Waals surface area (Å²) in [5.74, 6) is -1.04. The van der Waals surface area contributed by atoms with Gasteiger partial charge in [0.15, 0.2) is 0 Å². The van der Waals surface area contributed by atoms with Gasteiger partial charge in [-0.05, 0) is 54.6 Å². The van der Waals surface area contributed by atoms with E-state index in [1.165, 1.54) is 6.07 Å². The standard InChI is InChI=1S/C24H20N4O5S/c1-16-6-4-8-18(12-16)25-22(29)15-27-23(30)21(34-24(27)31)13-19-9-5-11-26(19)14-17-7-2-3-10-20(17)28(32)33/h2-13H,14-15H2,1H3,(H,25,29)/b21-13+. The molecule has 0 atom stereocenters. The topological polar surface area (TPSA) is 115 Å². The summed E-state index contributed by atoms with van der Waals surface area (Å²) in [4.78, 5) is 49.6. The molecule has 0 spiro atoms. The van der Waals surface area contributed by atoms with Gasteiger partial charge in [-0.2, -0.15) is 0 Å². The fraction of sp³-hybridized carbons (Fsp3) is 0.125. The van der Waals surface area contributed by atoms with Crippen LogP contribution in [0, 0.1) is 17.0 Å². The van der Waals surface area contributed by atoms with E-state index in [1.54, 1.807) is 65.4 Å². The Balaban J connectivity index is 1.48. The lowest BCUT2D eigenvalue weighted by molar-refractivity contribution is -0.385. The third kappa shape index (κ3) is 5.07. The van der Waals surface area contributed by atoms with Gasteiger partial charge < -0.3 is 9.88 Å². The zero-order valence-electron chi connectivity index (χ0n) is 18.1. The van der Waals surface area contributed by atoms with Crippen LogP contribution in [0.1, 0.15) is 16.8 Å². The minimum absolute atomic E-state index is 0.00194. The predicted octanol–water partition coefficient (Wildman–Crippen LogP) is 4.43. The van der Waals surface area contributed by atoms with Crippen molar-refractivity contribution in [3.8, 4) is 0 Å². The van der Waals surface area contributed by atoms with Gasteiger partial charge in [-0.1, -0.05) is 30.3 Å². The van der Waals surface area contributed by atoms with E-state index in [9.17, 15) is 24.5 Å². The first-order valence-corrected chi connectivity index (χ1v) is 11.1. The van der Waals surface area contributed by atoms with Crippen molar-refractivity contribution in [2.75, 3.05) is 11.9 Å². The Morgan fingerprint density at radius 1 is 1.12 bits per heavy atom. The van der Waals surface area contributed by atoms with Crippen molar-refractivity contribution in [2.45, 2.75) is 13.5 Å². The summed E-state index contributed by atoms with van der Waals surface area (Å²) in [7, 11) is 0. The molecule has 9 nitrogen and oxygen atoms in total. The van der Waals surface area contributed by atoms with E-state index in [0.717, 1.165) is 22.2 Å². The van der Waals surface area contributed by atoms with Crippen LogP contribution < -0.4 is 5.32 Å². The maximum atomic E-state index is 12.8. The highest BCUT2D eigenvalue weighted by molar-refractivity contribution is 8.18. The van der Waals surface area contributed by atoms with Crippen LogP contribution in [0.15, 0.2) is 71.8 Å². The summed E-state index contributed by atoms with van der Waals surface area (Å²) in [5.41, 5.74) is 2.67. The van der Waals surface area contributed by atoms with E-state index in [4.69, 9.17) is 0 Å². The zero-order chi connectivity index (χ0) is 24.2. The van der Waals surface area contributed by atoms with E-state index in [0.29, 0.717) is 16.9 Å². The number of thioether (sulfide) groups is 1. The van der Waals surface area contributed by atoms with Gasteiger partial charge in [0.25, 0.3) is 16.8 Å². The average Bonchev–Trinajstić information content (AvgIpc) is 3.33. The number of hydrogen-bond acceptors (Lipinski definition) is 6. The first-order chi connectivity index (χ1) is 16.3. The number of imide groups is 1. The maximum Gasteiger partial charge on any atom is 0.294 e. The van der Waals surface area contributed by atoms with Crippen molar-refractivity contribution in [3.63, 3.8) is 0 Å². The van der Waals surface area contributed by atoms with Crippen LogP contribution in [0.2, 0.25) is 0 Å². The van der Waals surface area contributed by atoms with Gasteiger partial charge in [0.05, 0.1) is 16.4 Å². The van der Waals surface area contributed by atoms with Gasteiger partial charge in [-0.3, -0.25) is 29.4 Å². The number of hydrogen-bond donors (Lipinski definition) is 1. The van der Waals surface area contributed by atoms with Gasteiger partial charge in [-0.25, -0.2) is 0 Å². The first-order valence-electron chi connectivity index (χ1n) is 10.3.